The van der Waals surface area contributed by atoms with Gasteiger partial charge >= 0.3 is 0 Å². The van der Waals surface area contributed by atoms with Crippen LogP contribution in [0.2, 0.25) is 0 Å². The van der Waals surface area contributed by atoms with Crippen molar-refractivity contribution < 1.29 is 9.53 Å². The minimum absolute atomic E-state index is 0.166. The summed E-state index contributed by atoms with van der Waals surface area (Å²) in [5.74, 6) is -0.369. The third-order valence-corrected chi connectivity index (χ3v) is 2.46. The van der Waals surface area contributed by atoms with Gasteiger partial charge in [0.2, 0.25) is 5.91 Å². The molecule has 0 aliphatic carbocycles. The van der Waals surface area contributed by atoms with E-state index in [2.05, 4.69) is 17.2 Å². The summed E-state index contributed by atoms with van der Waals surface area (Å²) in [5.41, 5.74) is 6.91. The largest absolute Gasteiger partial charge is 0.385 e. The molecule has 0 fully saturated rings. The van der Waals surface area contributed by atoms with Crippen molar-refractivity contribution in [2.24, 2.45) is 5.73 Å². The van der Waals surface area contributed by atoms with Crippen molar-refractivity contribution in [2.75, 3.05) is 13.7 Å². The van der Waals surface area contributed by atoms with E-state index < -0.39 is 0 Å². The zero-order chi connectivity index (χ0) is 12.7. The molecular weight excluding hydrogens is 220 g/mol. The Bertz CT molecular complexity index is 362. The number of rotatable bonds is 8. The van der Waals surface area contributed by atoms with E-state index in [9.17, 15) is 4.79 Å². The van der Waals surface area contributed by atoms with Gasteiger partial charge in [0.15, 0.2) is 0 Å². The van der Waals surface area contributed by atoms with Crippen LogP contribution in [0.25, 0.3) is 0 Å². The molecule has 0 unspecified atom stereocenters. The second kappa shape index (κ2) is 7.01. The van der Waals surface area contributed by atoms with Crippen molar-refractivity contribution >= 4 is 5.91 Å². The molecule has 6 heteroatoms. The monoisotopic (exact) mass is 240 g/mol. The van der Waals surface area contributed by atoms with Gasteiger partial charge in [-0.2, -0.15) is 0 Å². The average Bonchev–Trinajstić information content (AvgIpc) is 2.62. The van der Waals surface area contributed by atoms with Crippen molar-refractivity contribution in [3.8, 4) is 0 Å². The highest BCUT2D eigenvalue weighted by Crippen LogP contribution is 2.09. The van der Waals surface area contributed by atoms with E-state index in [1.165, 1.54) is 0 Å². The van der Waals surface area contributed by atoms with Gasteiger partial charge in [-0.25, -0.2) is 4.68 Å². The maximum absolute atomic E-state index is 10.9. The number of hydrogen-bond donors (Lipinski definition) is 1. The summed E-state index contributed by atoms with van der Waals surface area (Å²) in [6.45, 7) is 3.53. The summed E-state index contributed by atoms with van der Waals surface area (Å²) in [6, 6.07) is 0. The molecule has 0 spiro atoms. The summed E-state index contributed by atoms with van der Waals surface area (Å²) < 4.78 is 6.85. The number of primary amides is 1. The van der Waals surface area contributed by atoms with Gasteiger partial charge in [-0.3, -0.25) is 4.79 Å². The third kappa shape index (κ3) is 4.14. The molecule has 0 radical (unpaired) electrons. The Balaban J connectivity index is 2.74. The topological polar surface area (TPSA) is 83.0 Å². The number of carbonyl (C=O) groups is 1. The number of amides is 1. The minimum atomic E-state index is -0.369. The molecule has 0 bridgehead atoms. The first-order valence-corrected chi connectivity index (χ1v) is 5.87. The van der Waals surface area contributed by atoms with Crippen molar-refractivity contribution in [2.45, 2.75) is 39.2 Å². The first kappa shape index (κ1) is 13.6. The van der Waals surface area contributed by atoms with Crippen LogP contribution in [0.3, 0.4) is 0 Å². The highest BCUT2D eigenvalue weighted by atomic mass is 16.5. The van der Waals surface area contributed by atoms with Crippen molar-refractivity contribution in [1.82, 2.24) is 15.0 Å². The van der Waals surface area contributed by atoms with E-state index in [0.29, 0.717) is 12.3 Å². The molecule has 0 saturated heterocycles. The number of nitrogens with two attached hydrogens (primary N) is 1. The van der Waals surface area contributed by atoms with Gasteiger partial charge in [-0.05, 0) is 12.8 Å². The summed E-state index contributed by atoms with van der Waals surface area (Å²) >= 11 is 0. The molecule has 2 N–H and O–H groups in total. The van der Waals surface area contributed by atoms with Crippen molar-refractivity contribution in [3.05, 3.63) is 11.4 Å². The molecule has 0 aliphatic heterocycles. The highest BCUT2D eigenvalue weighted by molar-refractivity contribution is 5.76. The summed E-state index contributed by atoms with van der Waals surface area (Å²) in [4.78, 5) is 10.9. The van der Waals surface area contributed by atoms with Crippen LogP contribution in [0, 0.1) is 0 Å². The summed E-state index contributed by atoms with van der Waals surface area (Å²) in [6.07, 6.45) is 2.90. The average molecular weight is 240 g/mol. The zero-order valence-electron chi connectivity index (χ0n) is 10.5. The van der Waals surface area contributed by atoms with E-state index in [0.717, 1.165) is 31.5 Å². The molecule has 1 aromatic heterocycles. The lowest BCUT2D eigenvalue weighted by molar-refractivity contribution is -0.117. The molecule has 6 nitrogen and oxygen atoms in total. The van der Waals surface area contributed by atoms with E-state index in [1.807, 2.05) is 4.68 Å². The normalized spacial score (nSPS) is 10.7. The first-order chi connectivity index (χ1) is 8.19. The fraction of sp³-hybridized carbons (Fsp3) is 0.727. The van der Waals surface area contributed by atoms with Gasteiger partial charge in [0.25, 0.3) is 0 Å². The molecule has 1 heterocycles. The van der Waals surface area contributed by atoms with Gasteiger partial charge in [-0.1, -0.05) is 18.6 Å². The number of hydrogen-bond acceptors (Lipinski definition) is 4. The molecule has 0 saturated carbocycles. The Hall–Kier alpha value is -1.43. The third-order valence-electron chi connectivity index (χ3n) is 2.46. The second-order valence-electron chi connectivity index (χ2n) is 3.95. The van der Waals surface area contributed by atoms with Gasteiger partial charge < -0.3 is 10.5 Å². The number of aromatic nitrogens is 3. The van der Waals surface area contributed by atoms with Crippen LogP contribution in [-0.4, -0.2) is 34.6 Å². The Kier molecular flexibility index (Phi) is 5.62. The van der Waals surface area contributed by atoms with E-state index in [4.69, 9.17) is 10.5 Å². The Morgan fingerprint density at radius 1 is 1.53 bits per heavy atom. The Labute approximate surface area is 101 Å². The number of carbonyl (C=O) groups excluding carboxylic acids is 1. The minimum Gasteiger partial charge on any atom is -0.385 e. The quantitative estimate of drug-likeness (QED) is 0.662. The molecule has 0 aliphatic rings. The molecule has 1 rings (SSSR count). The molecular formula is C11H20N4O2. The van der Waals surface area contributed by atoms with E-state index in [-0.39, 0.29) is 12.3 Å². The molecule has 96 valence electrons. The lowest BCUT2D eigenvalue weighted by atomic mass is 10.1. The predicted molar refractivity (Wildman–Crippen MR) is 63.4 cm³/mol. The lowest BCUT2D eigenvalue weighted by Crippen LogP contribution is -2.16. The predicted octanol–water partition coefficient (Wildman–Crippen LogP) is 0.295. The van der Waals surface area contributed by atoms with Crippen LogP contribution in [0.5, 0.6) is 0 Å². The number of nitrogens with zero attached hydrogens (tertiary/aromatic N) is 3. The van der Waals surface area contributed by atoms with E-state index in [1.54, 1.807) is 7.11 Å². The van der Waals surface area contributed by atoms with Crippen LogP contribution in [0.15, 0.2) is 0 Å². The van der Waals surface area contributed by atoms with Gasteiger partial charge in [0.05, 0.1) is 17.8 Å². The maximum Gasteiger partial charge on any atom is 0.223 e. The Morgan fingerprint density at radius 2 is 2.29 bits per heavy atom. The fourth-order valence-corrected chi connectivity index (χ4v) is 1.72. The van der Waals surface area contributed by atoms with Crippen LogP contribution < -0.4 is 5.73 Å². The van der Waals surface area contributed by atoms with Crippen LogP contribution >= 0.6 is 0 Å². The van der Waals surface area contributed by atoms with Gasteiger partial charge in [0.1, 0.15) is 0 Å². The Morgan fingerprint density at radius 3 is 2.88 bits per heavy atom. The number of methoxy groups -OCH3 is 1. The van der Waals surface area contributed by atoms with Crippen molar-refractivity contribution in [3.63, 3.8) is 0 Å². The molecule has 1 aromatic rings. The van der Waals surface area contributed by atoms with Crippen molar-refractivity contribution in [1.29, 1.82) is 0 Å². The number of ether oxygens (including phenoxy) is 1. The molecule has 0 atom stereocenters. The lowest BCUT2D eigenvalue weighted by Gasteiger charge is -2.06. The highest BCUT2D eigenvalue weighted by Gasteiger charge is 2.13. The van der Waals surface area contributed by atoms with Gasteiger partial charge in [0, 0.05) is 20.3 Å². The zero-order valence-corrected chi connectivity index (χ0v) is 10.5. The maximum atomic E-state index is 10.9. The SMILES string of the molecule is CCCc1c(CC(N)=O)nnn1CCCOC. The number of aryl methyl sites for hydroxylation is 1. The van der Waals surface area contributed by atoms with Gasteiger partial charge in [-0.15, -0.1) is 5.10 Å². The first-order valence-electron chi connectivity index (χ1n) is 5.87. The smallest absolute Gasteiger partial charge is 0.223 e. The molecule has 17 heavy (non-hydrogen) atoms. The molecule has 0 aromatic carbocycles. The standard InChI is InChI=1S/C11H20N4O2/c1-3-5-10-9(8-11(12)16)13-14-15(10)6-4-7-17-2/h3-8H2,1-2H3,(H2,12,16). The van der Waals surface area contributed by atoms with E-state index >= 15 is 0 Å². The fourth-order valence-electron chi connectivity index (χ4n) is 1.72. The van der Waals surface area contributed by atoms with Crippen LogP contribution in [0.4, 0.5) is 0 Å². The second-order valence-corrected chi connectivity index (χ2v) is 3.95. The molecule has 1 amide bonds. The summed E-state index contributed by atoms with van der Waals surface area (Å²) in [7, 11) is 1.67. The summed E-state index contributed by atoms with van der Waals surface area (Å²) in [5, 5.41) is 8.09. The van der Waals surface area contributed by atoms with Crippen LogP contribution in [0.1, 0.15) is 31.2 Å². The van der Waals surface area contributed by atoms with Crippen LogP contribution in [-0.2, 0) is 28.9 Å².